The Kier molecular flexibility index (Phi) is 3.98. The van der Waals surface area contributed by atoms with Crippen LogP contribution >= 0.6 is 11.6 Å². The third-order valence-electron chi connectivity index (χ3n) is 4.57. The number of aromatic nitrogens is 1. The van der Waals surface area contributed by atoms with Crippen LogP contribution < -0.4 is 4.90 Å². The van der Waals surface area contributed by atoms with Crippen molar-refractivity contribution in [3.8, 4) is 0 Å². The minimum atomic E-state index is 0.810. The van der Waals surface area contributed by atoms with Gasteiger partial charge in [0, 0.05) is 55.1 Å². The number of hydrogen-bond donors (Lipinski definition) is 1. The molecule has 0 bridgehead atoms. The summed E-state index contributed by atoms with van der Waals surface area (Å²) in [5.41, 5.74) is 3.82. The predicted octanol–water partition coefficient (Wildman–Crippen LogP) is 4.14. The number of nitrogens with one attached hydrogen (secondary N) is 1. The number of aromatic amines is 1. The molecule has 0 saturated carbocycles. The predicted molar refractivity (Wildman–Crippen MR) is 97.2 cm³/mol. The lowest BCUT2D eigenvalue weighted by atomic mass is 10.1. The Morgan fingerprint density at radius 1 is 0.957 bits per heavy atom. The molecule has 0 spiro atoms. The Labute approximate surface area is 141 Å². The Balaban J connectivity index is 1.39. The van der Waals surface area contributed by atoms with E-state index in [1.807, 2.05) is 18.3 Å². The maximum atomic E-state index is 6.10. The van der Waals surface area contributed by atoms with E-state index in [0.29, 0.717) is 0 Å². The van der Waals surface area contributed by atoms with E-state index in [1.165, 1.54) is 22.2 Å². The quantitative estimate of drug-likeness (QED) is 0.781. The third kappa shape index (κ3) is 3.21. The first-order valence-corrected chi connectivity index (χ1v) is 8.45. The molecule has 0 unspecified atom stereocenters. The van der Waals surface area contributed by atoms with E-state index in [1.54, 1.807) is 0 Å². The van der Waals surface area contributed by atoms with Gasteiger partial charge in [0.25, 0.3) is 0 Å². The number of piperazine rings is 1. The zero-order valence-electron chi connectivity index (χ0n) is 13.0. The van der Waals surface area contributed by atoms with Gasteiger partial charge in [-0.2, -0.15) is 0 Å². The fourth-order valence-electron chi connectivity index (χ4n) is 3.30. The second-order valence-electron chi connectivity index (χ2n) is 6.14. The van der Waals surface area contributed by atoms with Gasteiger partial charge in [-0.25, -0.2) is 0 Å². The fourth-order valence-corrected chi connectivity index (χ4v) is 3.48. The number of nitrogens with zero attached hydrogens (tertiary/aromatic N) is 2. The van der Waals surface area contributed by atoms with Crippen LogP contribution in [0.25, 0.3) is 10.9 Å². The number of halogens is 1. The second kappa shape index (κ2) is 6.26. The lowest BCUT2D eigenvalue weighted by Crippen LogP contribution is -2.45. The number of H-pyrrole nitrogens is 1. The van der Waals surface area contributed by atoms with Crippen molar-refractivity contribution in [1.82, 2.24) is 9.88 Å². The van der Waals surface area contributed by atoms with Gasteiger partial charge < -0.3 is 9.88 Å². The lowest BCUT2D eigenvalue weighted by molar-refractivity contribution is 0.250. The summed E-state index contributed by atoms with van der Waals surface area (Å²) in [5, 5.41) is 2.10. The van der Waals surface area contributed by atoms with Crippen molar-refractivity contribution in [3.63, 3.8) is 0 Å². The van der Waals surface area contributed by atoms with Crippen molar-refractivity contribution in [2.24, 2.45) is 0 Å². The summed E-state index contributed by atoms with van der Waals surface area (Å²) in [6.07, 6.45) is 2.00. The van der Waals surface area contributed by atoms with Crippen LogP contribution in [0.3, 0.4) is 0 Å². The molecule has 2 aromatic carbocycles. The SMILES string of the molecule is Clc1cccc(N2CCN(Cc3ccc4[nH]ccc4c3)CC2)c1. The van der Waals surface area contributed by atoms with Crippen molar-refractivity contribution in [2.45, 2.75) is 6.54 Å². The van der Waals surface area contributed by atoms with E-state index >= 15 is 0 Å². The molecule has 3 aromatic rings. The molecule has 118 valence electrons. The Morgan fingerprint density at radius 2 is 1.83 bits per heavy atom. The van der Waals surface area contributed by atoms with Crippen LogP contribution in [0.5, 0.6) is 0 Å². The largest absolute Gasteiger partial charge is 0.369 e. The third-order valence-corrected chi connectivity index (χ3v) is 4.80. The molecule has 0 radical (unpaired) electrons. The average molecular weight is 326 g/mol. The van der Waals surface area contributed by atoms with Gasteiger partial charge in [-0.15, -0.1) is 0 Å². The first-order valence-electron chi connectivity index (χ1n) is 8.07. The highest BCUT2D eigenvalue weighted by molar-refractivity contribution is 6.30. The highest BCUT2D eigenvalue weighted by Crippen LogP contribution is 2.22. The number of fused-ring (bicyclic) bond motifs is 1. The molecule has 0 amide bonds. The zero-order chi connectivity index (χ0) is 15.6. The average Bonchev–Trinajstić information content (AvgIpc) is 3.03. The monoisotopic (exact) mass is 325 g/mol. The van der Waals surface area contributed by atoms with Crippen molar-refractivity contribution < 1.29 is 0 Å². The summed E-state index contributed by atoms with van der Waals surface area (Å²) in [6.45, 7) is 5.28. The lowest BCUT2D eigenvalue weighted by Gasteiger charge is -2.36. The molecular weight excluding hydrogens is 306 g/mol. The second-order valence-corrected chi connectivity index (χ2v) is 6.58. The van der Waals surface area contributed by atoms with E-state index in [4.69, 9.17) is 11.6 Å². The highest BCUT2D eigenvalue weighted by atomic mass is 35.5. The summed E-state index contributed by atoms with van der Waals surface area (Å²) >= 11 is 6.10. The number of anilines is 1. The number of hydrogen-bond acceptors (Lipinski definition) is 2. The molecular formula is C19H20ClN3. The molecule has 23 heavy (non-hydrogen) atoms. The van der Waals surface area contributed by atoms with Crippen LogP contribution in [0.1, 0.15) is 5.56 Å². The van der Waals surface area contributed by atoms with E-state index < -0.39 is 0 Å². The minimum absolute atomic E-state index is 0.810. The van der Waals surface area contributed by atoms with Crippen molar-refractivity contribution in [1.29, 1.82) is 0 Å². The molecule has 1 aromatic heterocycles. The first kappa shape index (κ1) is 14.6. The van der Waals surface area contributed by atoms with Crippen LogP contribution in [-0.4, -0.2) is 36.1 Å². The maximum Gasteiger partial charge on any atom is 0.0454 e. The van der Waals surface area contributed by atoms with Gasteiger partial charge in [0.1, 0.15) is 0 Å². The summed E-state index contributed by atoms with van der Waals surface area (Å²) < 4.78 is 0. The Morgan fingerprint density at radius 3 is 2.65 bits per heavy atom. The van der Waals surface area contributed by atoms with Crippen LogP contribution in [-0.2, 0) is 6.54 Å². The van der Waals surface area contributed by atoms with E-state index in [2.05, 4.69) is 51.2 Å². The van der Waals surface area contributed by atoms with Crippen LogP contribution in [0.4, 0.5) is 5.69 Å². The van der Waals surface area contributed by atoms with Gasteiger partial charge in [-0.05, 0) is 47.3 Å². The van der Waals surface area contributed by atoms with Gasteiger partial charge in [0.15, 0.2) is 0 Å². The molecule has 1 fully saturated rings. The maximum absolute atomic E-state index is 6.10. The molecule has 4 heteroatoms. The van der Waals surface area contributed by atoms with Gasteiger partial charge >= 0.3 is 0 Å². The molecule has 2 heterocycles. The van der Waals surface area contributed by atoms with Gasteiger partial charge in [0.05, 0.1) is 0 Å². The van der Waals surface area contributed by atoms with Gasteiger partial charge in [-0.1, -0.05) is 23.7 Å². The summed E-state index contributed by atoms with van der Waals surface area (Å²) in [6, 6.07) is 17.0. The molecule has 4 rings (SSSR count). The zero-order valence-corrected chi connectivity index (χ0v) is 13.8. The highest BCUT2D eigenvalue weighted by Gasteiger charge is 2.17. The minimum Gasteiger partial charge on any atom is -0.369 e. The summed E-state index contributed by atoms with van der Waals surface area (Å²) in [4.78, 5) is 8.18. The van der Waals surface area contributed by atoms with Crippen LogP contribution in [0, 0.1) is 0 Å². The van der Waals surface area contributed by atoms with Gasteiger partial charge in [-0.3, -0.25) is 4.90 Å². The summed E-state index contributed by atoms with van der Waals surface area (Å²) in [7, 11) is 0. The molecule has 0 atom stereocenters. The van der Waals surface area contributed by atoms with Gasteiger partial charge in [0.2, 0.25) is 0 Å². The van der Waals surface area contributed by atoms with Crippen LogP contribution in [0.15, 0.2) is 54.7 Å². The Hall–Kier alpha value is -1.97. The molecule has 0 aliphatic carbocycles. The first-order chi connectivity index (χ1) is 11.3. The molecule has 1 saturated heterocycles. The molecule has 1 N–H and O–H groups in total. The van der Waals surface area contributed by atoms with E-state index in [-0.39, 0.29) is 0 Å². The number of benzene rings is 2. The Bertz CT molecular complexity index is 803. The van der Waals surface area contributed by atoms with Crippen molar-refractivity contribution in [3.05, 3.63) is 65.3 Å². The molecule has 1 aliphatic rings. The van der Waals surface area contributed by atoms with Crippen LogP contribution in [0.2, 0.25) is 5.02 Å². The standard InChI is InChI=1S/C19H20ClN3/c20-17-2-1-3-18(13-17)23-10-8-22(9-11-23)14-15-4-5-19-16(12-15)6-7-21-19/h1-7,12-13,21H,8-11,14H2. The fraction of sp³-hybridized carbons (Fsp3) is 0.263. The topological polar surface area (TPSA) is 22.3 Å². The van der Waals surface area contributed by atoms with Crippen molar-refractivity contribution >= 4 is 28.2 Å². The van der Waals surface area contributed by atoms with E-state index in [9.17, 15) is 0 Å². The molecule has 1 aliphatic heterocycles. The number of rotatable bonds is 3. The van der Waals surface area contributed by atoms with Crippen molar-refractivity contribution in [2.75, 3.05) is 31.1 Å². The normalized spacial score (nSPS) is 16.1. The smallest absolute Gasteiger partial charge is 0.0454 e. The van der Waals surface area contributed by atoms with E-state index in [0.717, 1.165) is 37.7 Å². The molecule has 3 nitrogen and oxygen atoms in total. The summed E-state index contributed by atoms with van der Waals surface area (Å²) in [5.74, 6) is 0.